The molecule has 6 heteroatoms. The SMILES string of the molecule is N#CC(C#N)=C(C#N)Nc1ccc(N2CCN3CCCC3C2)cc1. The highest BCUT2D eigenvalue weighted by atomic mass is 15.3. The number of fused-ring (bicyclic) bond motifs is 1. The molecule has 1 atom stereocenters. The molecule has 1 N–H and O–H groups in total. The Kier molecular flexibility index (Phi) is 4.66. The number of allylic oxidation sites excluding steroid dienone is 2. The van der Waals surface area contributed by atoms with Gasteiger partial charge in [0.1, 0.15) is 23.9 Å². The molecule has 0 radical (unpaired) electrons. The van der Waals surface area contributed by atoms with E-state index in [1.54, 1.807) is 12.1 Å². The van der Waals surface area contributed by atoms with Crippen molar-refractivity contribution in [3.63, 3.8) is 0 Å². The highest BCUT2D eigenvalue weighted by Crippen LogP contribution is 2.26. The molecule has 0 aliphatic carbocycles. The monoisotopic (exact) mass is 318 g/mol. The lowest BCUT2D eigenvalue weighted by atomic mass is 10.1. The van der Waals surface area contributed by atoms with Crippen LogP contribution in [0.3, 0.4) is 0 Å². The number of nitrogens with zero attached hydrogens (tertiary/aromatic N) is 5. The van der Waals surface area contributed by atoms with Crippen LogP contribution in [0.15, 0.2) is 35.5 Å². The Morgan fingerprint density at radius 1 is 1.00 bits per heavy atom. The predicted molar refractivity (Wildman–Crippen MR) is 90.7 cm³/mol. The molecular formula is C18H18N6. The molecule has 120 valence electrons. The maximum absolute atomic E-state index is 9.08. The second-order valence-corrected chi connectivity index (χ2v) is 6.04. The van der Waals surface area contributed by atoms with E-state index in [0.717, 1.165) is 25.3 Å². The zero-order chi connectivity index (χ0) is 16.9. The maximum atomic E-state index is 9.08. The van der Waals surface area contributed by atoms with E-state index in [1.165, 1.54) is 19.4 Å². The Morgan fingerprint density at radius 2 is 1.75 bits per heavy atom. The summed E-state index contributed by atoms with van der Waals surface area (Å²) >= 11 is 0. The number of hydrogen-bond acceptors (Lipinski definition) is 6. The molecule has 0 amide bonds. The molecule has 1 aromatic carbocycles. The number of anilines is 2. The van der Waals surface area contributed by atoms with Crippen LogP contribution in [0.4, 0.5) is 11.4 Å². The van der Waals surface area contributed by atoms with Gasteiger partial charge in [-0.05, 0) is 43.7 Å². The van der Waals surface area contributed by atoms with Gasteiger partial charge in [-0.25, -0.2) is 0 Å². The lowest BCUT2D eigenvalue weighted by Crippen LogP contribution is -2.50. The molecule has 0 saturated carbocycles. The van der Waals surface area contributed by atoms with Gasteiger partial charge >= 0.3 is 0 Å². The van der Waals surface area contributed by atoms with Crippen molar-refractivity contribution in [2.45, 2.75) is 18.9 Å². The van der Waals surface area contributed by atoms with Gasteiger partial charge in [-0.1, -0.05) is 0 Å². The van der Waals surface area contributed by atoms with Gasteiger partial charge in [-0.15, -0.1) is 0 Å². The number of benzene rings is 1. The van der Waals surface area contributed by atoms with E-state index in [4.69, 9.17) is 15.8 Å². The normalized spacial score (nSPS) is 19.5. The van der Waals surface area contributed by atoms with E-state index in [-0.39, 0.29) is 11.3 Å². The molecule has 3 rings (SSSR count). The zero-order valence-corrected chi connectivity index (χ0v) is 13.4. The summed E-state index contributed by atoms with van der Waals surface area (Å²) in [6.45, 7) is 4.42. The fraction of sp³-hybridized carbons (Fsp3) is 0.389. The molecule has 0 spiro atoms. The van der Waals surface area contributed by atoms with Crippen LogP contribution in [-0.4, -0.2) is 37.1 Å². The number of piperazine rings is 1. The van der Waals surface area contributed by atoms with Crippen LogP contribution >= 0.6 is 0 Å². The second-order valence-electron chi connectivity index (χ2n) is 6.04. The molecule has 2 aliphatic rings. The molecule has 24 heavy (non-hydrogen) atoms. The first kappa shape index (κ1) is 15.9. The highest BCUT2D eigenvalue weighted by molar-refractivity contribution is 5.61. The van der Waals surface area contributed by atoms with Gasteiger partial charge in [-0.2, -0.15) is 15.8 Å². The number of nitrogens with one attached hydrogen (secondary N) is 1. The second kappa shape index (κ2) is 7.04. The van der Waals surface area contributed by atoms with Crippen LogP contribution < -0.4 is 10.2 Å². The van der Waals surface area contributed by atoms with E-state index in [0.29, 0.717) is 11.7 Å². The largest absolute Gasteiger partial charge is 0.369 e. The average molecular weight is 318 g/mol. The van der Waals surface area contributed by atoms with Gasteiger partial charge < -0.3 is 10.2 Å². The Bertz CT molecular complexity index is 743. The summed E-state index contributed by atoms with van der Waals surface area (Å²) in [6.07, 6.45) is 2.57. The van der Waals surface area contributed by atoms with Gasteiger partial charge in [0.15, 0.2) is 5.57 Å². The van der Waals surface area contributed by atoms with Crippen LogP contribution in [0.5, 0.6) is 0 Å². The third-order valence-corrected chi connectivity index (χ3v) is 4.67. The minimum absolute atomic E-state index is 0.0210. The number of rotatable bonds is 3. The summed E-state index contributed by atoms with van der Waals surface area (Å²) in [5.74, 6) is 0. The van der Waals surface area contributed by atoms with E-state index < -0.39 is 0 Å². The number of nitriles is 3. The minimum atomic E-state index is -0.209. The summed E-state index contributed by atoms with van der Waals surface area (Å²) < 4.78 is 0. The summed E-state index contributed by atoms with van der Waals surface area (Å²) in [7, 11) is 0. The van der Waals surface area contributed by atoms with Crippen LogP contribution in [0.1, 0.15) is 12.8 Å². The summed E-state index contributed by atoms with van der Waals surface area (Å²) in [5.41, 5.74) is 1.62. The third-order valence-electron chi connectivity index (χ3n) is 4.67. The van der Waals surface area contributed by atoms with Crippen LogP contribution in [0, 0.1) is 34.0 Å². The zero-order valence-electron chi connectivity index (χ0n) is 13.4. The molecule has 2 aliphatic heterocycles. The fourth-order valence-electron chi connectivity index (χ4n) is 3.41. The lowest BCUT2D eigenvalue weighted by Gasteiger charge is -2.38. The first-order chi connectivity index (χ1) is 11.7. The van der Waals surface area contributed by atoms with E-state index >= 15 is 0 Å². The lowest BCUT2D eigenvalue weighted by molar-refractivity contribution is 0.231. The molecule has 1 unspecified atom stereocenters. The Morgan fingerprint density at radius 3 is 2.42 bits per heavy atom. The molecule has 6 nitrogen and oxygen atoms in total. The van der Waals surface area contributed by atoms with Crippen LogP contribution in [0.25, 0.3) is 0 Å². The Labute approximate surface area is 141 Å². The van der Waals surface area contributed by atoms with Crippen molar-refractivity contribution in [2.75, 3.05) is 36.4 Å². The molecule has 0 bridgehead atoms. The quantitative estimate of drug-likeness (QED) is 0.859. The van der Waals surface area contributed by atoms with Gasteiger partial charge in [0.05, 0.1) is 0 Å². The predicted octanol–water partition coefficient (Wildman–Crippen LogP) is 2.21. The molecule has 2 fully saturated rings. The molecule has 2 saturated heterocycles. The van der Waals surface area contributed by atoms with Gasteiger partial charge in [-0.3, -0.25) is 4.90 Å². The number of hydrogen-bond donors (Lipinski definition) is 1. The average Bonchev–Trinajstić information content (AvgIpc) is 3.10. The summed E-state index contributed by atoms with van der Waals surface area (Å²) in [6, 6.07) is 13.8. The van der Waals surface area contributed by atoms with E-state index in [1.807, 2.05) is 30.3 Å². The van der Waals surface area contributed by atoms with Crippen molar-refractivity contribution in [3.05, 3.63) is 35.5 Å². The van der Waals surface area contributed by atoms with Crippen LogP contribution in [-0.2, 0) is 0 Å². The van der Waals surface area contributed by atoms with Crippen molar-refractivity contribution >= 4 is 11.4 Å². The molecule has 0 aromatic heterocycles. The first-order valence-corrected chi connectivity index (χ1v) is 8.06. The summed E-state index contributed by atoms with van der Waals surface area (Å²) in [5, 5.41) is 29.6. The topological polar surface area (TPSA) is 89.9 Å². The fourth-order valence-corrected chi connectivity index (χ4v) is 3.41. The van der Waals surface area contributed by atoms with Gasteiger partial charge in [0.2, 0.25) is 0 Å². The van der Waals surface area contributed by atoms with Crippen molar-refractivity contribution in [3.8, 4) is 18.2 Å². The van der Waals surface area contributed by atoms with Crippen LogP contribution in [0.2, 0.25) is 0 Å². The van der Waals surface area contributed by atoms with Crippen molar-refractivity contribution < 1.29 is 0 Å². The third kappa shape index (κ3) is 3.18. The Hall–Kier alpha value is -3.01. The molecular weight excluding hydrogens is 300 g/mol. The van der Waals surface area contributed by atoms with Crippen molar-refractivity contribution in [1.82, 2.24) is 4.90 Å². The standard InChI is InChI=1S/C18H18N6/c19-10-14(11-20)18(12-21)22-15-3-5-16(6-4-15)24-9-8-23-7-1-2-17(23)13-24/h3-6,17,22H,1-2,7-9,13H2. The van der Waals surface area contributed by atoms with E-state index in [9.17, 15) is 0 Å². The molecule has 2 heterocycles. The minimum Gasteiger partial charge on any atom is -0.369 e. The maximum Gasteiger partial charge on any atom is 0.163 e. The molecule has 1 aromatic rings. The van der Waals surface area contributed by atoms with Gasteiger partial charge in [0, 0.05) is 37.1 Å². The van der Waals surface area contributed by atoms with Crippen molar-refractivity contribution in [2.24, 2.45) is 0 Å². The van der Waals surface area contributed by atoms with Gasteiger partial charge in [0.25, 0.3) is 0 Å². The van der Waals surface area contributed by atoms with E-state index in [2.05, 4.69) is 15.1 Å². The smallest absolute Gasteiger partial charge is 0.163 e. The van der Waals surface area contributed by atoms with Crippen molar-refractivity contribution in [1.29, 1.82) is 15.8 Å². The first-order valence-electron chi connectivity index (χ1n) is 8.06. The highest BCUT2D eigenvalue weighted by Gasteiger charge is 2.30. The summed E-state index contributed by atoms with van der Waals surface area (Å²) in [4.78, 5) is 4.97. The Balaban J connectivity index is 1.70.